The molecule has 5 heteroatoms. The summed E-state index contributed by atoms with van der Waals surface area (Å²) in [6.45, 7) is 6.39. The first-order chi connectivity index (χ1) is 9.55. The number of aryl methyl sites for hydroxylation is 2. The molecule has 2 atom stereocenters. The van der Waals surface area contributed by atoms with Crippen LogP contribution in [0.3, 0.4) is 0 Å². The molecule has 0 fully saturated rings. The van der Waals surface area contributed by atoms with E-state index in [0.29, 0.717) is 6.04 Å². The Morgan fingerprint density at radius 1 is 1.35 bits per heavy atom. The molecule has 2 aromatic rings. The van der Waals surface area contributed by atoms with Gasteiger partial charge in [0, 0.05) is 25.7 Å². The number of hydrogen-bond acceptors (Lipinski definition) is 3. The Labute approximate surface area is 121 Å². The second-order valence-corrected chi connectivity index (χ2v) is 5.42. The van der Waals surface area contributed by atoms with E-state index in [1.165, 1.54) is 5.69 Å². The average molecular weight is 275 g/mol. The highest BCUT2D eigenvalue weighted by molar-refractivity contribution is 5.16. The first kappa shape index (κ1) is 14.8. The standard InChI is InChI=1S/C15H25N5/c1-6-12(3)20-8-7-13(18-20)10-14(16-4)15-9-11(2)17-19(15)5/h7-9,12,14,16H,6,10H2,1-5H3. The summed E-state index contributed by atoms with van der Waals surface area (Å²) in [6, 6.07) is 4.93. The van der Waals surface area contributed by atoms with E-state index in [1.54, 1.807) is 0 Å². The lowest BCUT2D eigenvalue weighted by Gasteiger charge is -2.15. The zero-order valence-corrected chi connectivity index (χ0v) is 13.1. The Bertz CT molecular complexity index is 554. The predicted molar refractivity (Wildman–Crippen MR) is 80.7 cm³/mol. The molecule has 5 nitrogen and oxygen atoms in total. The van der Waals surface area contributed by atoms with E-state index in [-0.39, 0.29) is 6.04 Å². The quantitative estimate of drug-likeness (QED) is 0.880. The average Bonchev–Trinajstić information content (AvgIpc) is 3.02. The molecule has 0 aliphatic heterocycles. The Kier molecular flexibility index (Phi) is 4.60. The fourth-order valence-corrected chi connectivity index (χ4v) is 2.44. The van der Waals surface area contributed by atoms with Gasteiger partial charge in [0.2, 0.25) is 0 Å². The van der Waals surface area contributed by atoms with E-state index < -0.39 is 0 Å². The fourth-order valence-electron chi connectivity index (χ4n) is 2.44. The third-order valence-corrected chi connectivity index (χ3v) is 3.86. The number of nitrogens with zero attached hydrogens (tertiary/aromatic N) is 4. The van der Waals surface area contributed by atoms with E-state index in [1.807, 2.05) is 25.7 Å². The summed E-state index contributed by atoms with van der Waals surface area (Å²) in [5.41, 5.74) is 3.36. The lowest BCUT2D eigenvalue weighted by molar-refractivity contribution is 0.466. The summed E-state index contributed by atoms with van der Waals surface area (Å²) in [6.07, 6.45) is 4.04. The van der Waals surface area contributed by atoms with Crippen molar-refractivity contribution in [2.75, 3.05) is 7.05 Å². The van der Waals surface area contributed by atoms with E-state index >= 15 is 0 Å². The van der Waals surface area contributed by atoms with Crippen LogP contribution in [0.4, 0.5) is 0 Å². The minimum absolute atomic E-state index is 0.237. The molecular formula is C15H25N5. The minimum Gasteiger partial charge on any atom is -0.311 e. The topological polar surface area (TPSA) is 47.7 Å². The zero-order valence-electron chi connectivity index (χ0n) is 13.1. The lowest BCUT2D eigenvalue weighted by atomic mass is 10.1. The third-order valence-electron chi connectivity index (χ3n) is 3.86. The van der Waals surface area contributed by atoms with Crippen LogP contribution in [0.1, 0.15) is 49.4 Å². The third kappa shape index (κ3) is 3.10. The molecule has 0 radical (unpaired) electrons. The van der Waals surface area contributed by atoms with Crippen LogP contribution in [0.25, 0.3) is 0 Å². The monoisotopic (exact) mass is 275 g/mol. The molecule has 0 aliphatic rings. The van der Waals surface area contributed by atoms with Crippen molar-refractivity contribution in [3.8, 4) is 0 Å². The van der Waals surface area contributed by atoms with Crippen molar-refractivity contribution < 1.29 is 0 Å². The van der Waals surface area contributed by atoms with Gasteiger partial charge in [-0.2, -0.15) is 10.2 Å². The van der Waals surface area contributed by atoms with Gasteiger partial charge in [-0.05, 0) is 39.4 Å². The van der Waals surface area contributed by atoms with Crippen molar-refractivity contribution in [3.05, 3.63) is 35.4 Å². The van der Waals surface area contributed by atoms with Crippen LogP contribution in [0.2, 0.25) is 0 Å². The van der Waals surface area contributed by atoms with Crippen LogP contribution in [0.15, 0.2) is 18.3 Å². The molecule has 0 saturated carbocycles. The van der Waals surface area contributed by atoms with Gasteiger partial charge in [0.1, 0.15) is 0 Å². The second kappa shape index (κ2) is 6.22. The highest BCUT2D eigenvalue weighted by atomic mass is 15.3. The summed E-state index contributed by atoms with van der Waals surface area (Å²) in [7, 11) is 3.98. The highest BCUT2D eigenvalue weighted by Gasteiger charge is 2.16. The van der Waals surface area contributed by atoms with Crippen LogP contribution < -0.4 is 5.32 Å². The van der Waals surface area contributed by atoms with Crippen molar-refractivity contribution >= 4 is 0 Å². The van der Waals surface area contributed by atoms with Crippen LogP contribution in [0, 0.1) is 6.92 Å². The van der Waals surface area contributed by atoms with E-state index in [2.05, 4.69) is 52.4 Å². The first-order valence-corrected chi connectivity index (χ1v) is 7.27. The minimum atomic E-state index is 0.237. The van der Waals surface area contributed by atoms with Gasteiger partial charge in [-0.25, -0.2) is 0 Å². The van der Waals surface area contributed by atoms with E-state index in [0.717, 1.165) is 24.2 Å². The molecule has 0 amide bonds. The Hall–Kier alpha value is -1.62. The molecule has 0 aliphatic carbocycles. The van der Waals surface area contributed by atoms with Crippen LogP contribution in [-0.2, 0) is 13.5 Å². The summed E-state index contributed by atoms with van der Waals surface area (Å²) in [4.78, 5) is 0. The van der Waals surface area contributed by atoms with Gasteiger partial charge in [0.05, 0.1) is 23.1 Å². The number of aromatic nitrogens is 4. The van der Waals surface area contributed by atoms with Gasteiger partial charge in [0.25, 0.3) is 0 Å². The lowest BCUT2D eigenvalue weighted by Crippen LogP contribution is -2.22. The fraction of sp³-hybridized carbons (Fsp3) is 0.600. The van der Waals surface area contributed by atoms with Crippen LogP contribution in [-0.4, -0.2) is 26.6 Å². The van der Waals surface area contributed by atoms with Gasteiger partial charge in [-0.15, -0.1) is 0 Å². The largest absolute Gasteiger partial charge is 0.311 e. The zero-order chi connectivity index (χ0) is 14.7. The molecule has 110 valence electrons. The second-order valence-electron chi connectivity index (χ2n) is 5.42. The van der Waals surface area contributed by atoms with Gasteiger partial charge in [-0.3, -0.25) is 9.36 Å². The van der Waals surface area contributed by atoms with Crippen molar-refractivity contribution in [3.63, 3.8) is 0 Å². The SMILES string of the molecule is CCC(C)n1ccc(CC(NC)c2cc(C)nn2C)n1. The van der Waals surface area contributed by atoms with Crippen molar-refractivity contribution in [2.45, 2.75) is 45.7 Å². The Balaban J connectivity index is 2.14. The number of hydrogen-bond donors (Lipinski definition) is 1. The van der Waals surface area contributed by atoms with Crippen molar-refractivity contribution in [2.24, 2.45) is 7.05 Å². The smallest absolute Gasteiger partial charge is 0.0644 e. The summed E-state index contributed by atoms with van der Waals surface area (Å²) < 4.78 is 4.00. The molecule has 2 unspecified atom stereocenters. The molecule has 2 heterocycles. The van der Waals surface area contributed by atoms with Gasteiger partial charge in [0.15, 0.2) is 0 Å². The number of likely N-dealkylation sites (N-methyl/N-ethyl adjacent to an activating group) is 1. The normalized spacial score (nSPS) is 14.4. The predicted octanol–water partition coefficient (Wildman–Crippen LogP) is 2.40. The Morgan fingerprint density at radius 2 is 2.10 bits per heavy atom. The number of rotatable bonds is 6. The number of nitrogens with one attached hydrogen (secondary N) is 1. The molecule has 0 spiro atoms. The van der Waals surface area contributed by atoms with E-state index in [4.69, 9.17) is 0 Å². The molecule has 0 aromatic carbocycles. The molecule has 0 bridgehead atoms. The van der Waals surface area contributed by atoms with Gasteiger partial charge in [-0.1, -0.05) is 6.92 Å². The Morgan fingerprint density at radius 3 is 2.65 bits per heavy atom. The summed E-state index contributed by atoms with van der Waals surface area (Å²) >= 11 is 0. The van der Waals surface area contributed by atoms with E-state index in [9.17, 15) is 0 Å². The molecule has 2 rings (SSSR count). The highest BCUT2D eigenvalue weighted by Crippen LogP contribution is 2.19. The summed E-state index contributed by atoms with van der Waals surface area (Å²) in [5, 5.41) is 12.5. The van der Waals surface area contributed by atoms with Crippen molar-refractivity contribution in [1.29, 1.82) is 0 Å². The molecule has 2 aromatic heterocycles. The molecule has 20 heavy (non-hydrogen) atoms. The molecular weight excluding hydrogens is 250 g/mol. The maximum Gasteiger partial charge on any atom is 0.0644 e. The maximum atomic E-state index is 4.68. The van der Waals surface area contributed by atoms with Gasteiger partial charge < -0.3 is 5.32 Å². The van der Waals surface area contributed by atoms with Crippen molar-refractivity contribution in [1.82, 2.24) is 24.9 Å². The van der Waals surface area contributed by atoms with Crippen LogP contribution >= 0.6 is 0 Å². The van der Waals surface area contributed by atoms with Crippen LogP contribution in [0.5, 0.6) is 0 Å². The summed E-state index contributed by atoms with van der Waals surface area (Å²) in [5.74, 6) is 0. The molecule has 1 N–H and O–H groups in total. The first-order valence-electron chi connectivity index (χ1n) is 7.27. The van der Waals surface area contributed by atoms with Gasteiger partial charge >= 0.3 is 0 Å². The maximum absolute atomic E-state index is 4.68. The molecule has 0 saturated heterocycles.